The van der Waals surface area contributed by atoms with E-state index in [0.29, 0.717) is 12.8 Å². The van der Waals surface area contributed by atoms with Crippen molar-refractivity contribution in [2.75, 3.05) is 0 Å². The lowest BCUT2D eigenvalue weighted by Gasteiger charge is -2.12. The van der Waals surface area contributed by atoms with Crippen LogP contribution in [0.25, 0.3) is 0 Å². The van der Waals surface area contributed by atoms with Gasteiger partial charge in [-0.05, 0) is 30.5 Å². The van der Waals surface area contributed by atoms with Crippen LogP contribution >= 0.6 is 0 Å². The van der Waals surface area contributed by atoms with E-state index in [1.165, 1.54) is 24.3 Å². The molecule has 0 aliphatic heterocycles. The molecule has 18 heavy (non-hydrogen) atoms. The van der Waals surface area contributed by atoms with Gasteiger partial charge in [0.2, 0.25) is 5.91 Å². The molecule has 1 aromatic rings. The van der Waals surface area contributed by atoms with Gasteiger partial charge in [0, 0.05) is 5.92 Å². The van der Waals surface area contributed by atoms with Crippen molar-refractivity contribution in [2.24, 2.45) is 11.7 Å². The predicted molar refractivity (Wildman–Crippen MR) is 59.8 cm³/mol. The van der Waals surface area contributed by atoms with Gasteiger partial charge in [-0.1, -0.05) is 19.1 Å². The summed E-state index contributed by atoms with van der Waals surface area (Å²) in [6.07, 6.45) is -3.69. The van der Waals surface area contributed by atoms with Crippen molar-refractivity contribution in [2.45, 2.75) is 26.1 Å². The first kappa shape index (κ1) is 14.3. The largest absolute Gasteiger partial charge is 0.573 e. The molecule has 0 aromatic heterocycles. The van der Waals surface area contributed by atoms with Crippen molar-refractivity contribution in [3.63, 3.8) is 0 Å². The average molecular weight is 261 g/mol. The molecule has 0 heterocycles. The van der Waals surface area contributed by atoms with E-state index in [0.717, 1.165) is 5.56 Å². The van der Waals surface area contributed by atoms with Crippen LogP contribution in [0, 0.1) is 5.92 Å². The van der Waals surface area contributed by atoms with E-state index in [1.807, 2.05) is 6.92 Å². The summed E-state index contributed by atoms with van der Waals surface area (Å²) in [5.74, 6) is -0.995. The highest BCUT2D eigenvalue weighted by Crippen LogP contribution is 2.23. The molecular weight excluding hydrogens is 247 g/mol. The normalized spacial score (nSPS) is 13.1. The first-order valence-corrected chi connectivity index (χ1v) is 5.46. The maximum atomic E-state index is 11.9. The Kier molecular flexibility index (Phi) is 4.58. The Bertz CT molecular complexity index is 401. The van der Waals surface area contributed by atoms with Gasteiger partial charge in [-0.25, -0.2) is 0 Å². The number of hydrogen-bond donors (Lipinski definition) is 1. The summed E-state index contributed by atoms with van der Waals surface area (Å²) < 4.78 is 39.5. The zero-order chi connectivity index (χ0) is 13.8. The molecular formula is C12H14F3NO2. The van der Waals surface area contributed by atoms with Gasteiger partial charge in [0.15, 0.2) is 0 Å². The molecule has 6 heteroatoms. The molecule has 1 atom stereocenters. The summed E-state index contributed by atoms with van der Waals surface area (Å²) in [6.45, 7) is 1.83. The number of nitrogens with two attached hydrogens (primary N) is 1. The quantitative estimate of drug-likeness (QED) is 0.885. The van der Waals surface area contributed by atoms with Gasteiger partial charge < -0.3 is 10.5 Å². The van der Waals surface area contributed by atoms with Crippen LogP contribution in [-0.2, 0) is 11.2 Å². The van der Waals surface area contributed by atoms with E-state index in [-0.39, 0.29) is 11.7 Å². The molecule has 0 radical (unpaired) electrons. The van der Waals surface area contributed by atoms with E-state index < -0.39 is 12.3 Å². The van der Waals surface area contributed by atoms with Crippen LogP contribution in [0.5, 0.6) is 5.75 Å². The molecule has 0 fully saturated rings. The van der Waals surface area contributed by atoms with E-state index in [9.17, 15) is 18.0 Å². The first-order chi connectivity index (χ1) is 8.31. The molecule has 0 aliphatic rings. The molecule has 0 saturated carbocycles. The zero-order valence-electron chi connectivity index (χ0n) is 9.83. The van der Waals surface area contributed by atoms with Crippen LogP contribution in [0.3, 0.4) is 0 Å². The number of benzene rings is 1. The van der Waals surface area contributed by atoms with E-state index in [2.05, 4.69) is 4.74 Å². The van der Waals surface area contributed by atoms with Crippen LogP contribution in [0.4, 0.5) is 13.2 Å². The summed E-state index contributed by atoms with van der Waals surface area (Å²) >= 11 is 0. The number of primary amides is 1. The number of halogens is 3. The molecule has 0 bridgehead atoms. The Labute approximate surface area is 103 Å². The van der Waals surface area contributed by atoms with Crippen molar-refractivity contribution < 1.29 is 22.7 Å². The SMILES string of the molecule is CC[C@H](Cc1ccc(OC(F)(F)F)cc1)C(N)=O. The fraction of sp³-hybridized carbons (Fsp3) is 0.417. The molecule has 2 N–H and O–H groups in total. The third kappa shape index (κ3) is 4.65. The van der Waals surface area contributed by atoms with Crippen molar-refractivity contribution in [1.29, 1.82) is 0 Å². The van der Waals surface area contributed by atoms with Crippen LogP contribution in [0.15, 0.2) is 24.3 Å². The second-order valence-electron chi connectivity index (χ2n) is 3.90. The lowest BCUT2D eigenvalue weighted by molar-refractivity contribution is -0.274. The highest BCUT2D eigenvalue weighted by Gasteiger charge is 2.30. The minimum absolute atomic E-state index is 0.279. The number of carbonyl (C=O) groups excluding carboxylic acids is 1. The number of amides is 1. The van der Waals surface area contributed by atoms with E-state index in [1.54, 1.807) is 0 Å². The summed E-state index contributed by atoms with van der Waals surface area (Å²) in [7, 11) is 0. The summed E-state index contributed by atoms with van der Waals surface area (Å²) in [5.41, 5.74) is 5.94. The molecule has 1 amide bonds. The van der Waals surface area contributed by atoms with Crippen LogP contribution in [-0.4, -0.2) is 12.3 Å². The van der Waals surface area contributed by atoms with Gasteiger partial charge in [-0.3, -0.25) is 4.79 Å². The number of alkyl halides is 3. The monoisotopic (exact) mass is 261 g/mol. The Morgan fingerprint density at radius 1 is 1.33 bits per heavy atom. The molecule has 100 valence electrons. The highest BCUT2D eigenvalue weighted by molar-refractivity contribution is 5.76. The summed E-state index contributed by atoms with van der Waals surface area (Å²) in [6, 6.07) is 5.42. The van der Waals surface area contributed by atoms with Crippen molar-refractivity contribution >= 4 is 5.91 Å². The lowest BCUT2D eigenvalue weighted by Crippen LogP contribution is -2.24. The molecule has 0 unspecified atom stereocenters. The predicted octanol–water partition coefficient (Wildman–Crippen LogP) is 2.64. The van der Waals surface area contributed by atoms with Gasteiger partial charge in [-0.15, -0.1) is 13.2 Å². The van der Waals surface area contributed by atoms with Crippen LogP contribution in [0.2, 0.25) is 0 Å². The third-order valence-electron chi connectivity index (χ3n) is 2.53. The molecule has 1 aromatic carbocycles. The maximum Gasteiger partial charge on any atom is 0.573 e. The summed E-state index contributed by atoms with van der Waals surface area (Å²) in [5, 5.41) is 0. The maximum absolute atomic E-state index is 11.9. The lowest BCUT2D eigenvalue weighted by atomic mass is 9.96. The minimum Gasteiger partial charge on any atom is -0.406 e. The molecule has 0 spiro atoms. The van der Waals surface area contributed by atoms with Crippen molar-refractivity contribution in [3.05, 3.63) is 29.8 Å². The third-order valence-corrected chi connectivity index (χ3v) is 2.53. The Morgan fingerprint density at radius 2 is 1.89 bits per heavy atom. The Balaban J connectivity index is 2.68. The van der Waals surface area contributed by atoms with E-state index in [4.69, 9.17) is 5.73 Å². The zero-order valence-corrected chi connectivity index (χ0v) is 9.83. The second kappa shape index (κ2) is 5.75. The fourth-order valence-electron chi connectivity index (χ4n) is 1.56. The second-order valence-corrected chi connectivity index (χ2v) is 3.90. The van der Waals surface area contributed by atoms with Crippen LogP contribution in [0.1, 0.15) is 18.9 Å². The van der Waals surface area contributed by atoms with E-state index >= 15 is 0 Å². The van der Waals surface area contributed by atoms with Crippen molar-refractivity contribution in [1.82, 2.24) is 0 Å². The smallest absolute Gasteiger partial charge is 0.406 e. The molecule has 0 saturated heterocycles. The highest BCUT2D eigenvalue weighted by atomic mass is 19.4. The minimum atomic E-state index is -4.69. The standard InChI is InChI=1S/C12H14F3NO2/c1-2-9(11(16)17)7-8-3-5-10(6-4-8)18-12(13,14)15/h3-6,9H,2,7H2,1H3,(H2,16,17)/t9-/m1/s1. The van der Waals surface area contributed by atoms with Gasteiger partial charge in [-0.2, -0.15) is 0 Å². The number of carbonyl (C=O) groups is 1. The number of rotatable bonds is 5. The van der Waals surface area contributed by atoms with Gasteiger partial charge >= 0.3 is 6.36 Å². The molecule has 3 nitrogen and oxygen atoms in total. The molecule has 1 rings (SSSR count). The first-order valence-electron chi connectivity index (χ1n) is 5.46. The Morgan fingerprint density at radius 3 is 2.28 bits per heavy atom. The number of ether oxygens (including phenoxy) is 1. The average Bonchev–Trinajstić information content (AvgIpc) is 2.25. The fourth-order valence-corrected chi connectivity index (χ4v) is 1.56. The molecule has 0 aliphatic carbocycles. The summed E-state index contributed by atoms with van der Waals surface area (Å²) in [4.78, 5) is 11.0. The van der Waals surface area contributed by atoms with Crippen molar-refractivity contribution in [3.8, 4) is 5.75 Å². The number of hydrogen-bond acceptors (Lipinski definition) is 2. The van der Waals surface area contributed by atoms with Crippen LogP contribution < -0.4 is 10.5 Å². The van der Waals surface area contributed by atoms with Gasteiger partial charge in [0.1, 0.15) is 5.75 Å². The topological polar surface area (TPSA) is 52.3 Å². The van der Waals surface area contributed by atoms with Gasteiger partial charge in [0.25, 0.3) is 0 Å². The Hall–Kier alpha value is -1.72. The van der Waals surface area contributed by atoms with Gasteiger partial charge in [0.05, 0.1) is 0 Å².